The molecule has 15 nitrogen and oxygen atoms in total. The van der Waals surface area contributed by atoms with Gasteiger partial charge in [0.1, 0.15) is 6.04 Å². The van der Waals surface area contributed by atoms with E-state index in [1.54, 1.807) is 25.8 Å². The Morgan fingerprint density at radius 2 is 1.92 bits per heavy atom. The predicted octanol–water partition coefficient (Wildman–Crippen LogP) is 2.84. The van der Waals surface area contributed by atoms with Crippen molar-refractivity contribution < 1.29 is 41.7 Å². The summed E-state index contributed by atoms with van der Waals surface area (Å²) in [6.45, 7) is 8.43. The lowest BCUT2D eigenvalue weighted by Crippen LogP contribution is -2.53. The molecular formula is C35H52N6O9S. The molecule has 2 aliphatic heterocycles. The van der Waals surface area contributed by atoms with E-state index in [-0.39, 0.29) is 30.8 Å². The third-order valence-electron chi connectivity index (χ3n) is 9.92. The summed E-state index contributed by atoms with van der Waals surface area (Å²) in [6.07, 6.45) is 14.5. The number of hydrogen-bond acceptors (Lipinski definition) is 8. The highest BCUT2D eigenvalue weighted by Crippen LogP contribution is 2.39. The van der Waals surface area contributed by atoms with Gasteiger partial charge in [-0.15, -0.1) is 6.58 Å². The first-order valence-corrected chi connectivity index (χ1v) is 19.0. The molecule has 4 aliphatic rings. The summed E-state index contributed by atoms with van der Waals surface area (Å²) in [5.41, 5.74) is 1.43. The molecule has 282 valence electrons. The number of amides is 6. The fourth-order valence-corrected chi connectivity index (χ4v) is 7.74. The van der Waals surface area contributed by atoms with Gasteiger partial charge in [0.25, 0.3) is 5.91 Å². The van der Waals surface area contributed by atoms with Crippen LogP contribution in [0.15, 0.2) is 48.1 Å². The van der Waals surface area contributed by atoms with Crippen LogP contribution in [0.4, 0.5) is 9.59 Å². The summed E-state index contributed by atoms with van der Waals surface area (Å²) in [6, 6.07) is -2.06. The second-order valence-corrected chi connectivity index (χ2v) is 15.3. The number of allylic oxidation sites excluding steroid dienone is 3. The zero-order valence-electron chi connectivity index (χ0n) is 29.8. The van der Waals surface area contributed by atoms with Gasteiger partial charge in [-0.2, -0.15) is 8.42 Å². The van der Waals surface area contributed by atoms with E-state index in [0.29, 0.717) is 51.9 Å². The quantitative estimate of drug-likeness (QED) is 0.129. The average Bonchev–Trinajstić information content (AvgIpc) is 3.43. The highest BCUT2D eigenvalue weighted by atomic mass is 32.2. The van der Waals surface area contributed by atoms with E-state index < -0.39 is 51.8 Å². The molecule has 4 atom stereocenters. The fraction of sp³-hybridized carbons (Fsp3) is 0.629. The van der Waals surface area contributed by atoms with Crippen molar-refractivity contribution in [3.05, 3.63) is 48.1 Å². The number of rotatable bonds is 17. The Bertz CT molecular complexity index is 1550. The van der Waals surface area contributed by atoms with Crippen molar-refractivity contribution in [3.8, 4) is 0 Å². The first-order valence-electron chi connectivity index (χ1n) is 17.6. The Kier molecular flexibility index (Phi) is 13.5. The number of likely N-dealkylation sites (tertiary alicyclic amines) is 1. The number of nitrogens with one attached hydrogen (secondary N) is 3. The normalized spacial score (nSPS) is 21.9. The third-order valence-corrected chi connectivity index (χ3v) is 11.0. The van der Waals surface area contributed by atoms with Crippen molar-refractivity contribution in [1.29, 1.82) is 0 Å². The molecule has 2 aliphatic carbocycles. The SMILES string of the molecule is C=CCC(NC(=O)C(C)C1CCCN1C(=O)CNC(=O)N(C)CCCCC=CC1CC=CC2=C1CN(C(=O)O)C2)C(=O)NS(=O)(=O)OC1(C)CC1. The van der Waals surface area contributed by atoms with Crippen molar-refractivity contribution in [2.45, 2.75) is 89.3 Å². The predicted molar refractivity (Wildman–Crippen MR) is 189 cm³/mol. The molecule has 4 unspecified atom stereocenters. The maximum Gasteiger partial charge on any atom is 0.407 e. The second kappa shape index (κ2) is 17.4. The molecule has 0 radical (unpaired) electrons. The number of carbonyl (C=O) groups excluding carboxylic acids is 4. The van der Waals surface area contributed by atoms with Crippen LogP contribution >= 0.6 is 0 Å². The Morgan fingerprint density at radius 3 is 2.61 bits per heavy atom. The lowest BCUT2D eigenvalue weighted by molar-refractivity contribution is -0.136. The standard InChI is InChI=1S/C35H52N6O9S/c1-5-12-28(32(44)38-51(48,49)50-35(3)17-18-35)37-31(43)24(2)29-16-11-20-41(29)30(42)21-36-33(45)39(4)19-9-7-6-8-13-25-14-10-15-26-22-40(34(46)47)23-27(25)26/h5,8,10,13,15,24-25,28-29H,1,6-7,9,11-12,14,16-23H2,2-4H3,(H,36,45)(H,37,43)(H,38,44)(H,46,47). The number of carboxylic acid groups (broad SMARTS) is 1. The molecule has 1 saturated carbocycles. The second-order valence-electron chi connectivity index (χ2n) is 14.1. The van der Waals surface area contributed by atoms with Crippen molar-refractivity contribution in [2.75, 3.05) is 39.8 Å². The van der Waals surface area contributed by atoms with Crippen LogP contribution in [0.1, 0.15) is 71.6 Å². The summed E-state index contributed by atoms with van der Waals surface area (Å²) >= 11 is 0. The van der Waals surface area contributed by atoms with Crippen LogP contribution in [0, 0.1) is 11.8 Å². The van der Waals surface area contributed by atoms with Crippen molar-refractivity contribution in [3.63, 3.8) is 0 Å². The summed E-state index contributed by atoms with van der Waals surface area (Å²) in [4.78, 5) is 67.8. The number of hydrogen-bond donors (Lipinski definition) is 4. The molecule has 2 fully saturated rings. The monoisotopic (exact) mass is 732 g/mol. The molecule has 0 aromatic rings. The van der Waals surface area contributed by atoms with E-state index in [1.807, 2.05) is 10.8 Å². The molecule has 6 amide bonds. The number of urea groups is 1. The molecule has 0 bridgehead atoms. The fourth-order valence-electron chi connectivity index (χ4n) is 6.61. The highest BCUT2D eigenvalue weighted by Gasteiger charge is 2.44. The van der Waals surface area contributed by atoms with Gasteiger partial charge in [-0.3, -0.25) is 14.4 Å². The van der Waals surface area contributed by atoms with Gasteiger partial charge in [0.2, 0.25) is 11.8 Å². The van der Waals surface area contributed by atoms with Gasteiger partial charge in [0.15, 0.2) is 0 Å². The number of nitrogens with zero attached hydrogens (tertiary/aromatic N) is 3. The van der Waals surface area contributed by atoms with Gasteiger partial charge in [-0.25, -0.2) is 18.5 Å². The van der Waals surface area contributed by atoms with Crippen LogP contribution in [0.2, 0.25) is 0 Å². The summed E-state index contributed by atoms with van der Waals surface area (Å²) < 4.78 is 31.5. The summed E-state index contributed by atoms with van der Waals surface area (Å²) in [5, 5.41) is 14.6. The average molecular weight is 733 g/mol. The molecule has 0 aromatic carbocycles. The van der Waals surface area contributed by atoms with E-state index in [4.69, 9.17) is 4.18 Å². The Balaban J connectivity index is 1.16. The summed E-state index contributed by atoms with van der Waals surface area (Å²) in [7, 11) is -2.70. The van der Waals surface area contributed by atoms with Gasteiger partial charge in [0, 0.05) is 45.2 Å². The summed E-state index contributed by atoms with van der Waals surface area (Å²) in [5.74, 6) is -2.31. The maximum absolute atomic E-state index is 13.2. The van der Waals surface area contributed by atoms with Crippen LogP contribution in [0.25, 0.3) is 0 Å². The van der Waals surface area contributed by atoms with Crippen LogP contribution in [0.5, 0.6) is 0 Å². The van der Waals surface area contributed by atoms with Gasteiger partial charge in [0.05, 0.1) is 18.1 Å². The molecule has 1 saturated heterocycles. The van der Waals surface area contributed by atoms with Crippen molar-refractivity contribution >= 4 is 40.2 Å². The smallest absolute Gasteiger partial charge is 0.407 e. The molecule has 51 heavy (non-hydrogen) atoms. The van der Waals surface area contributed by atoms with Crippen LogP contribution in [-0.4, -0.2) is 116 Å². The third kappa shape index (κ3) is 11.2. The molecule has 4 rings (SSSR count). The number of unbranched alkanes of at least 4 members (excludes halogenated alkanes) is 2. The van der Waals surface area contributed by atoms with Gasteiger partial charge in [-0.05, 0) is 75.9 Å². The van der Waals surface area contributed by atoms with E-state index in [1.165, 1.54) is 21.4 Å². The highest BCUT2D eigenvalue weighted by molar-refractivity contribution is 7.85. The molecular weight excluding hydrogens is 680 g/mol. The van der Waals surface area contributed by atoms with Crippen molar-refractivity contribution in [1.82, 2.24) is 30.1 Å². The maximum atomic E-state index is 13.2. The Hall–Kier alpha value is -4.18. The lowest BCUT2D eigenvalue weighted by atomic mass is 9.88. The van der Waals surface area contributed by atoms with E-state index in [9.17, 15) is 37.5 Å². The minimum atomic E-state index is -4.37. The molecule has 0 spiro atoms. The van der Waals surface area contributed by atoms with Crippen LogP contribution in [0.3, 0.4) is 0 Å². The van der Waals surface area contributed by atoms with Gasteiger partial charge >= 0.3 is 22.4 Å². The van der Waals surface area contributed by atoms with Gasteiger partial charge in [-0.1, -0.05) is 37.3 Å². The Labute approximate surface area is 300 Å². The molecule has 0 aromatic heterocycles. The van der Waals surface area contributed by atoms with Crippen LogP contribution in [-0.2, 0) is 28.9 Å². The lowest BCUT2D eigenvalue weighted by Gasteiger charge is -2.30. The topological polar surface area (TPSA) is 195 Å². The van der Waals surface area contributed by atoms with Crippen LogP contribution < -0.4 is 15.4 Å². The van der Waals surface area contributed by atoms with Gasteiger partial charge < -0.3 is 30.4 Å². The minimum Gasteiger partial charge on any atom is -0.465 e. The first-order chi connectivity index (χ1) is 24.1. The largest absolute Gasteiger partial charge is 0.465 e. The first kappa shape index (κ1) is 39.6. The molecule has 16 heteroatoms. The van der Waals surface area contributed by atoms with E-state index >= 15 is 0 Å². The van der Waals surface area contributed by atoms with E-state index in [2.05, 4.69) is 35.4 Å². The molecule has 2 heterocycles. The number of carbonyl (C=O) groups is 5. The zero-order chi connectivity index (χ0) is 37.3. The zero-order valence-corrected chi connectivity index (χ0v) is 30.6. The van der Waals surface area contributed by atoms with Crippen molar-refractivity contribution in [2.24, 2.45) is 11.8 Å². The minimum absolute atomic E-state index is 0.0206. The van der Waals surface area contributed by atoms with E-state index in [0.717, 1.165) is 31.3 Å². The Morgan fingerprint density at radius 1 is 1.18 bits per heavy atom. The molecule has 4 N–H and O–H groups in total.